The summed E-state index contributed by atoms with van der Waals surface area (Å²) in [4.78, 5) is 19.5. The van der Waals surface area contributed by atoms with Gasteiger partial charge in [-0.3, -0.25) is 14.3 Å². The summed E-state index contributed by atoms with van der Waals surface area (Å²) in [6.45, 7) is 13.4. The highest BCUT2D eigenvalue weighted by Crippen LogP contribution is 2.30. The Labute approximate surface area is 171 Å². The van der Waals surface area contributed by atoms with Crippen molar-refractivity contribution in [2.45, 2.75) is 13.8 Å². The van der Waals surface area contributed by atoms with Gasteiger partial charge < -0.3 is 10.2 Å². The second-order valence-electron chi connectivity index (χ2n) is 6.48. The SMILES string of the molecule is C=C/C=C(\C=C)Nc1cc(=O)c2cncc(N(CC)CC)c2n1-c1ccccc1. The van der Waals surface area contributed by atoms with Gasteiger partial charge in [-0.25, -0.2) is 0 Å². The summed E-state index contributed by atoms with van der Waals surface area (Å²) in [5.74, 6) is 0.654. The molecular weight excluding hydrogens is 360 g/mol. The largest absolute Gasteiger partial charge is 0.369 e. The number of para-hydroxylation sites is 1. The van der Waals surface area contributed by atoms with Crippen LogP contribution in [-0.4, -0.2) is 22.6 Å². The summed E-state index contributed by atoms with van der Waals surface area (Å²) in [6.07, 6.45) is 8.66. The average Bonchev–Trinajstić information content (AvgIpc) is 2.75. The van der Waals surface area contributed by atoms with Gasteiger partial charge in [0.25, 0.3) is 0 Å². The molecule has 0 aliphatic heterocycles. The van der Waals surface area contributed by atoms with Gasteiger partial charge in [0.05, 0.1) is 22.8 Å². The Kier molecular flexibility index (Phi) is 6.29. The molecule has 0 spiro atoms. The molecule has 1 N–H and O–H groups in total. The number of hydrogen-bond donors (Lipinski definition) is 1. The molecule has 0 radical (unpaired) electrons. The van der Waals surface area contributed by atoms with Crippen LogP contribution < -0.4 is 15.6 Å². The van der Waals surface area contributed by atoms with Crippen molar-refractivity contribution in [3.05, 3.63) is 96.1 Å². The Morgan fingerprint density at radius 2 is 1.90 bits per heavy atom. The van der Waals surface area contributed by atoms with Gasteiger partial charge in [-0.15, -0.1) is 0 Å². The molecule has 0 atom stereocenters. The molecule has 0 amide bonds. The number of aromatic nitrogens is 2. The molecular formula is C24H26N4O. The zero-order chi connectivity index (χ0) is 20.8. The minimum absolute atomic E-state index is 0.0850. The molecule has 5 heteroatoms. The highest BCUT2D eigenvalue weighted by Gasteiger charge is 2.17. The first-order valence-corrected chi connectivity index (χ1v) is 9.70. The topological polar surface area (TPSA) is 50.2 Å². The van der Waals surface area contributed by atoms with Gasteiger partial charge in [-0.2, -0.15) is 0 Å². The lowest BCUT2D eigenvalue weighted by Gasteiger charge is -2.26. The molecule has 0 saturated heterocycles. The lowest BCUT2D eigenvalue weighted by atomic mass is 10.1. The van der Waals surface area contributed by atoms with E-state index < -0.39 is 0 Å². The minimum atomic E-state index is -0.0850. The van der Waals surface area contributed by atoms with Crippen molar-refractivity contribution in [2.75, 3.05) is 23.3 Å². The lowest BCUT2D eigenvalue weighted by Crippen LogP contribution is -2.24. The summed E-state index contributed by atoms with van der Waals surface area (Å²) in [7, 11) is 0. The van der Waals surface area contributed by atoms with Crippen LogP contribution in [0.25, 0.3) is 16.6 Å². The van der Waals surface area contributed by atoms with Gasteiger partial charge >= 0.3 is 0 Å². The predicted molar refractivity (Wildman–Crippen MR) is 123 cm³/mol. The maximum Gasteiger partial charge on any atom is 0.193 e. The molecule has 2 aromatic heterocycles. The highest BCUT2D eigenvalue weighted by molar-refractivity contribution is 5.93. The quantitative estimate of drug-likeness (QED) is 0.560. The maximum atomic E-state index is 13.0. The second-order valence-corrected chi connectivity index (χ2v) is 6.48. The number of rotatable bonds is 8. The van der Waals surface area contributed by atoms with Crippen LogP contribution in [-0.2, 0) is 0 Å². The first-order valence-electron chi connectivity index (χ1n) is 9.70. The van der Waals surface area contributed by atoms with Crippen molar-refractivity contribution in [3.63, 3.8) is 0 Å². The van der Waals surface area contributed by atoms with E-state index in [1.165, 1.54) is 0 Å². The lowest BCUT2D eigenvalue weighted by molar-refractivity contribution is 0.863. The molecule has 0 saturated carbocycles. The van der Waals surface area contributed by atoms with Crippen molar-refractivity contribution < 1.29 is 0 Å². The van der Waals surface area contributed by atoms with Gasteiger partial charge in [0.2, 0.25) is 0 Å². The highest BCUT2D eigenvalue weighted by atomic mass is 16.1. The van der Waals surface area contributed by atoms with Crippen LogP contribution in [0.5, 0.6) is 0 Å². The van der Waals surface area contributed by atoms with Gasteiger partial charge in [-0.05, 0) is 38.1 Å². The van der Waals surface area contributed by atoms with Crippen LogP contribution in [0.1, 0.15) is 13.8 Å². The number of nitrogens with zero attached hydrogens (tertiary/aromatic N) is 3. The zero-order valence-corrected chi connectivity index (χ0v) is 16.9. The monoisotopic (exact) mass is 386 g/mol. The zero-order valence-electron chi connectivity index (χ0n) is 16.9. The summed E-state index contributed by atoms with van der Waals surface area (Å²) in [5.41, 5.74) is 3.36. The number of benzene rings is 1. The third-order valence-corrected chi connectivity index (χ3v) is 4.80. The third-order valence-electron chi connectivity index (χ3n) is 4.80. The molecule has 0 unspecified atom stereocenters. The Bertz CT molecular complexity index is 1110. The van der Waals surface area contributed by atoms with E-state index in [2.05, 4.69) is 46.8 Å². The van der Waals surface area contributed by atoms with Crippen LogP contribution in [0.4, 0.5) is 11.5 Å². The number of anilines is 2. The van der Waals surface area contributed by atoms with Crippen molar-refractivity contribution in [1.82, 2.24) is 9.55 Å². The number of allylic oxidation sites excluding steroid dienone is 3. The fourth-order valence-electron chi connectivity index (χ4n) is 3.41. The van der Waals surface area contributed by atoms with E-state index in [0.29, 0.717) is 11.2 Å². The van der Waals surface area contributed by atoms with E-state index in [9.17, 15) is 4.79 Å². The smallest absolute Gasteiger partial charge is 0.193 e. The van der Waals surface area contributed by atoms with Crippen LogP contribution in [0.15, 0.2) is 90.7 Å². The van der Waals surface area contributed by atoms with Crippen LogP contribution in [0.3, 0.4) is 0 Å². The van der Waals surface area contributed by atoms with Crippen molar-refractivity contribution in [3.8, 4) is 5.69 Å². The van der Waals surface area contributed by atoms with Crippen LogP contribution in [0.2, 0.25) is 0 Å². The third kappa shape index (κ3) is 3.99. The van der Waals surface area contributed by atoms with Crippen LogP contribution in [0, 0.1) is 0 Å². The molecule has 2 heterocycles. The number of pyridine rings is 2. The molecule has 0 aliphatic carbocycles. The predicted octanol–water partition coefficient (Wildman–Crippen LogP) is 4.90. The summed E-state index contributed by atoms with van der Waals surface area (Å²) in [5, 5.41) is 3.91. The minimum Gasteiger partial charge on any atom is -0.369 e. The molecule has 3 rings (SSSR count). The Morgan fingerprint density at radius 1 is 1.17 bits per heavy atom. The number of hydrogen-bond acceptors (Lipinski definition) is 4. The van der Waals surface area contributed by atoms with E-state index in [-0.39, 0.29) is 5.43 Å². The summed E-state index contributed by atoms with van der Waals surface area (Å²) >= 11 is 0. The fourth-order valence-corrected chi connectivity index (χ4v) is 3.41. The van der Waals surface area contributed by atoms with Gasteiger partial charge in [0, 0.05) is 36.7 Å². The molecule has 0 aliphatic rings. The van der Waals surface area contributed by atoms with E-state index in [0.717, 1.165) is 35.7 Å². The molecule has 1 aromatic carbocycles. The van der Waals surface area contributed by atoms with E-state index in [1.807, 2.05) is 42.6 Å². The molecule has 3 aromatic rings. The van der Waals surface area contributed by atoms with Gasteiger partial charge in [0.1, 0.15) is 5.82 Å². The van der Waals surface area contributed by atoms with Gasteiger partial charge in [0.15, 0.2) is 5.43 Å². The molecule has 148 valence electrons. The molecule has 5 nitrogen and oxygen atoms in total. The number of fused-ring (bicyclic) bond motifs is 1. The molecule has 0 bridgehead atoms. The van der Waals surface area contributed by atoms with Crippen molar-refractivity contribution >= 4 is 22.4 Å². The fraction of sp³-hybridized carbons (Fsp3) is 0.167. The molecule has 0 fully saturated rings. The maximum absolute atomic E-state index is 13.0. The van der Waals surface area contributed by atoms with Crippen molar-refractivity contribution in [2.24, 2.45) is 0 Å². The average molecular weight is 386 g/mol. The first kappa shape index (κ1) is 20.1. The van der Waals surface area contributed by atoms with E-state index >= 15 is 0 Å². The summed E-state index contributed by atoms with van der Waals surface area (Å²) < 4.78 is 2.06. The van der Waals surface area contributed by atoms with E-state index in [4.69, 9.17) is 0 Å². The Morgan fingerprint density at radius 3 is 2.52 bits per heavy atom. The number of nitrogens with one attached hydrogen (secondary N) is 1. The second kappa shape index (κ2) is 9.06. The summed E-state index contributed by atoms with van der Waals surface area (Å²) in [6, 6.07) is 11.6. The normalized spacial score (nSPS) is 11.3. The van der Waals surface area contributed by atoms with Gasteiger partial charge in [-0.1, -0.05) is 37.4 Å². The van der Waals surface area contributed by atoms with E-state index in [1.54, 1.807) is 24.4 Å². The Balaban J connectivity index is 2.44. The van der Waals surface area contributed by atoms with Crippen LogP contribution >= 0.6 is 0 Å². The molecule has 29 heavy (non-hydrogen) atoms. The van der Waals surface area contributed by atoms with Crippen molar-refractivity contribution in [1.29, 1.82) is 0 Å². The Hall–Kier alpha value is -3.60. The standard InChI is InChI=1S/C24H26N4O/c1-5-12-18(6-2)26-23-15-22(29)20-16-25-17-21(27(7-3)8-4)24(20)28(23)19-13-10-9-11-14-19/h5-6,9-17,26H,1-2,7-8H2,3-4H3/b18-12+. The first-order chi connectivity index (χ1) is 14.1.